The van der Waals surface area contributed by atoms with E-state index >= 15 is 0 Å². The van der Waals surface area contributed by atoms with Crippen LogP contribution in [0.5, 0.6) is 17.2 Å². The predicted molar refractivity (Wildman–Crippen MR) is 94.6 cm³/mol. The van der Waals surface area contributed by atoms with Crippen LogP contribution in [0.15, 0.2) is 24.3 Å². The topological polar surface area (TPSA) is 59.0 Å². The van der Waals surface area contributed by atoms with Crippen LogP contribution >= 0.6 is 0 Å². The van der Waals surface area contributed by atoms with Gasteiger partial charge in [-0.1, -0.05) is 24.3 Å². The van der Waals surface area contributed by atoms with Crippen LogP contribution in [0.2, 0.25) is 0 Å². The van der Waals surface area contributed by atoms with Crippen LogP contribution in [0.4, 0.5) is 13.2 Å². The largest absolute Gasteiger partial charge is 0.504 e. The van der Waals surface area contributed by atoms with Crippen molar-refractivity contribution in [1.29, 1.82) is 0 Å². The first kappa shape index (κ1) is 18.5. The van der Waals surface area contributed by atoms with Gasteiger partial charge in [0.2, 0.25) is 5.75 Å². The molecule has 2 aromatic carbocycles. The lowest BCUT2D eigenvalue weighted by Crippen LogP contribution is -2.48. The van der Waals surface area contributed by atoms with Crippen LogP contribution in [-0.4, -0.2) is 42.9 Å². The Morgan fingerprint density at radius 3 is 2.50 bits per heavy atom. The molecule has 1 aliphatic heterocycles. The molecule has 1 N–H and O–H groups in total. The number of hydrogen-bond donors (Lipinski definition) is 1. The molecule has 0 saturated heterocycles. The highest BCUT2D eigenvalue weighted by atomic mass is 19.4. The Morgan fingerprint density at radius 2 is 1.86 bits per heavy atom. The molecule has 2 aromatic rings. The van der Waals surface area contributed by atoms with Crippen molar-refractivity contribution in [3.05, 3.63) is 41.0 Å². The lowest BCUT2D eigenvalue weighted by atomic mass is 9.76. The molecule has 4 rings (SSSR count). The SMILES string of the molecule is COc1c(O)c2c3c(c1OC)CCN(C(=O)C(F)(F)F)C3Cc1ccccc1-2. The van der Waals surface area contributed by atoms with Crippen LogP contribution in [0.1, 0.15) is 22.7 Å². The van der Waals surface area contributed by atoms with E-state index in [9.17, 15) is 23.1 Å². The number of amides is 1. The molecule has 0 aromatic heterocycles. The molecule has 1 amide bonds. The maximum absolute atomic E-state index is 13.2. The molecule has 5 nitrogen and oxygen atoms in total. The van der Waals surface area contributed by atoms with Gasteiger partial charge in [-0.25, -0.2) is 0 Å². The standard InChI is InChI=1S/C20H18F3NO4/c1-27-17-12-7-8-24(19(26)20(21,22)23)13-9-10-5-3-4-6-11(10)15(14(12)13)16(25)18(17)28-2/h3-6,13,25H,7-9H2,1-2H3. The lowest BCUT2D eigenvalue weighted by molar-refractivity contribution is -0.188. The van der Waals surface area contributed by atoms with Gasteiger partial charge in [0.15, 0.2) is 11.5 Å². The number of fused-ring (bicyclic) bond motifs is 2. The van der Waals surface area contributed by atoms with E-state index in [1.165, 1.54) is 14.2 Å². The predicted octanol–water partition coefficient (Wildman–Crippen LogP) is 3.62. The third-order valence-corrected chi connectivity index (χ3v) is 5.45. The van der Waals surface area contributed by atoms with Crippen molar-refractivity contribution < 1.29 is 32.5 Å². The lowest BCUT2D eigenvalue weighted by Gasteiger charge is -2.42. The van der Waals surface area contributed by atoms with Gasteiger partial charge in [0.25, 0.3) is 0 Å². The smallest absolute Gasteiger partial charge is 0.471 e. The summed E-state index contributed by atoms with van der Waals surface area (Å²) in [5.41, 5.74) is 3.04. The number of methoxy groups -OCH3 is 2. The second kappa shape index (κ2) is 6.32. The van der Waals surface area contributed by atoms with Crippen molar-refractivity contribution in [1.82, 2.24) is 4.90 Å². The van der Waals surface area contributed by atoms with Gasteiger partial charge >= 0.3 is 12.1 Å². The second-order valence-corrected chi connectivity index (χ2v) is 6.81. The van der Waals surface area contributed by atoms with Gasteiger partial charge in [-0.2, -0.15) is 13.2 Å². The molecule has 148 valence electrons. The maximum atomic E-state index is 13.2. The van der Waals surface area contributed by atoms with Gasteiger partial charge in [-0.15, -0.1) is 0 Å². The van der Waals surface area contributed by atoms with E-state index in [4.69, 9.17) is 9.47 Å². The average molecular weight is 393 g/mol. The molecule has 1 aliphatic carbocycles. The molecule has 0 radical (unpaired) electrons. The van der Waals surface area contributed by atoms with E-state index in [0.717, 1.165) is 16.0 Å². The molecular weight excluding hydrogens is 375 g/mol. The number of halogens is 3. The summed E-state index contributed by atoms with van der Waals surface area (Å²) in [5.74, 6) is -1.64. The van der Waals surface area contributed by atoms with Gasteiger partial charge < -0.3 is 19.5 Å². The van der Waals surface area contributed by atoms with E-state index in [0.29, 0.717) is 22.4 Å². The molecule has 28 heavy (non-hydrogen) atoms. The van der Waals surface area contributed by atoms with Crippen LogP contribution < -0.4 is 9.47 Å². The summed E-state index contributed by atoms with van der Waals surface area (Å²) in [5, 5.41) is 10.9. The zero-order valence-corrected chi connectivity index (χ0v) is 15.3. The highest BCUT2D eigenvalue weighted by Crippen LogP contribution is 2.56. The van der Waals surface area contributed by atoms with Crippen molar-refractivity contribution >= 4 is 5.91 Å². The number of hydrogen-bond acceptors (Lipinski definition) is 4. The van der Waals surface area contributed by atoms with Crippen molar-refractivity contribution in [2.45, 2.75) is 25.1 Å². The number of carbonyl (C=O) groups is 1. The number of phenols is 1. The minimum absolute atomic E-state index is 0.0953. The first-order valence-electron chi connectivity index (χ1n) is 8.75. The number of benzene rings is 2. The molecule has 0 bridgehead atoms. The Labute approximate surface area is 159 Å². The van der Waals surface area contributed by atoms with Crippen molar-refractivity contribution in [3.8, 4) is 28.4 Å². The minimum atomic E-state index is -4.97. The quantitative estimate of drug-likeness (QED) is 0.847. The first-order chi connectivity index (χ1) is 13.3. The average Bonchev–Trinajstić information content (AvgIpc) is 2.67. The Morgan fingerprint density at radius 1 is 1.18 bits per heavy atom. The molecule has 0 fully saturated rings. The Balaban J connectivity index is 2.02. The fourth-order valence-corrected chi connectivity index (χ4v) is 4.37. The number of ether oxygens (including phenoxy) is 2. The molecule has 8 heteroatoms. The minimum Gasteiger partial charge on any atom is -0.504 e. The van der Waals surface area contributed by atoms with Gasteiger partial charge in [0.1, 0.15) is 0 Å². The zero-order valence-electron chi connectivity index (χ0n) is 15.3. The third-order valence-electron chi connectivity index (χ3n) is 5.45. The number of aromatic hydroxyl groups is 1. The summed E-state index contributed by atoms with van der Waals surface area (Å²) >= 11 is 0. The summed E-state index contributed by atoms with van der Waals surface area (Å²) in [6, 6.07) is 6.33. The van der Waals surface area contributed by atoms with E-state index < -0.39 is 18.1 Å². The van der Waals surface area contributed by atoms with Crippen LogP contribution in [-0.2, 0) is 17.6 Å². The third kappa shape index (κ3) is 2.51. The monoisotopic (exact) mass is 393 g/mol. The van der Waals surface area contributed by atoms with E-state index in [-0.39, 0.29) is 30.9 Å². The summed E-state index contributed by atoms with van der Waals surface area (Å²) < 4.78 is 50.3. The zero-order chi connectivity index (χ0) is 20.2. The molecule has 1 heterocycles. The highest BCUT2D eigenvalue weighted by molar-refractivity contribution is 5.88. The first-order valence-corrected chi connectivity index (χ1v) is 8.75. The maximum Gasteiger partial charge on any atom is 0.471 e. The van der Waals surface area contributed by atoms with Crippen LogP contribution in [0.3, 0.4) is 0 Å². The fraction of sp³-hybridized carbons (Fsp3) is 0.350. The summed E-state index contributed by atoms with van der Waals surface area (Å²) in [6.07, 6.45) is -4.57. The molecule has 0 saturated carbocycles. The molecule has 2 aliphatic rings. The molecule has 0 spiro atoms. The fourth-order valence-electron chi connectivity index (χ4n) is 4.37. The van der Waals surface area contributed by atoms with Gasteiger partial charge in [-0.05, 0) is 29.5 Å². The Kier molecular flexibility index (Phi) is 4.17. The van der Waals surface area contributed by atoms with Gasteiger partial charge in [0.05, 0.1) is 20.3 Å². The van der Waals surface area contributed by atoms with Crippen LogP contribution in [0.25, 0.3) is 11.1 Å². The number of phenolic OH excluding ortho intramolecular Hbond substituents is 1. The van der Waals surface area contributed by atoms with Gasteiger partial charge in [-0.3, -0.25) is 4.79 Å². The molecule has 1 atom stereocenters. The molecular formula is C20H18F3NO4. The van der Waals surface area contributed by atoms with Gasteiger partial charge in [0, 0.05) is 17.7 Å². The summed E-state index contributed by atoms with van der Waals surface area (Å²) in [7, 11) is 2.81. The van der Waals surface area contributed by atoms with E-state index in [1.54, 1.807) is 24.3 Å². The van der Waals surface area contributed by atoms with E-state index in [2.05, 4.69) is 0 Å². The number of rotatable bonds is 2. The van der Waals surface area contributed by atoms with E-state index in [1.807, 2.05) is 0 Å². The number of carbonyl (C=O) groups excluding carboxylic acids is 1. The highest BCUT2D eigenvalue weighted by Gasteiger charge is 2.49. The second-order valence-electron chi connectivity index (χ2n) is 6.81. The van der Waals surface area contributed by atoms with Crippen LogP contribution in [0, 0.1) is 0 Å². The normalized spacial score (nSPS) is 17.6. The van der Waals surface area contributed by atoms with Crippen molar-refractivity contribution in [3.63, 3.8) is 0 Å². The number of alkyl halides is 3. The molecule has 1 unspecified atom stereocenters. The number of nitrogens with zero attached hydrogens (tertiary/aromatic N) is 1. The Hall–Kier alpha value is -2.90. The summed E-state index contributed by atoms with van der Waals surface area (Å²) in [4.78, 5) is 12.9. The summed E-state index contributed by atoms with van der Waals surface area (Å²) in [6.45, 7) is -0.0953. The van der Waals surface area contributed by atoms with Crippen molar-refractivity contribution in [2.24, 2.45) is 0 Å². The van der Waals surface area contributed by atoms with Crippen molar-refractivity contribution in [2.75, 3.05) is 20.8 Å². The Bertz CT molecular complexity index is 971.